The van der Waals surface area contributed by atoms with E-state index in [1.165, 1.54) is 0 Å². The van der Waals surface area contributed by atoms with Crippen LogP contribution in [0.5, 0.6) is 11.5 Å². The minimum Gasteiger partial charge on any atom is -0.507 e. The number of benzene rings is 1. The third-order valence-electron chi connectivity index (χ3n) is 3.94. The summed E-state index contributed by atoms with van der Waals surface area (Å²) in [5.41, 5.74) is 0.970. The summed E-state index contributed by atoms with van der Waals surface area (Å²) >= 11 is 0. The number of hydrogen-bond donors (Lipinski definition) is 1. The van der Waals surface area contributed by atoms with E-state index in [0.29, 0.717) is 17.5 Å². The molecule has 1 heterocycles. The molecule has 1 aliphatic rings. The summed E-state index contributed by atoms with van der Waals surface area (Å²) in [4.78, 5) is 4.89. The number of nitrogens with zero attached hydrogens (tertiary/aromatic N) is 2. The predicted octanol–water partition coefficient (Wildman–Crippen LogP) is 1.93. The first-order valence-electron chi connectivity index (χ1n) is 6.96. The van der Waals surface area contributed by atoms with Gasteiger partial charge < -0.3 is 9.84 Å². The van der Waals surface area contributed by atoms with E-state index in [1.807, 2.05) is 12.1 Å². The van der Waals surface area contributed by atoms with Crippen molar-refractivity contribution in [3.05, 3.63) is 23.8 Å². The number of hydrogen-bond acceptors (Lipinski definition) is 4. The highest BCUT2D eigenvalue weighted by atomic mass is 16.5. The van der Waals surface area contributed by atoms with E-state index in [-0.39, 0.29) is 0 Å². The molecule has 0 aromatic heterocycles. The molecule has 19 heavy (non-hydrogen) atoms. The Morgan fingerprint density at radius 2 is 2.16 bits per heavy atom. The lowest BCUT2D eigenvalue weighted by atomic mass is 10.1. The highest BCUT2D eigenvalue weighted by Crippen LogP contribution is 2.25. The Balaban J connectivity index is 1.98. The molecule has 2 rings (SSSR count). The number of likely N-dealkylation sites (N-methyl/N-ethyl adjacent to an activating group) is 1. The van der Waals surface area contributed by atoms with Crippen molar-refractivity contribution in [1.82, 2.24) is 9.80 Å². The molecule has 0 bridgehead atoms. The maximum absolute atomic E-state index is 10.0. The zero-order valence-electron chi connectivity index (χ0n) is 12.1. The number of rotatable bonds is 4. The molecule has 0 saturated carbocycles. The van der Waals surface area contributed by atoms with Crippen molar-refractivity contribution in [2.45, 2.75) is 26.4 Å². The van der Waals surface area contributed by atoms with Crippen molar-refractivity contribution in [2.24, 2.45) is 0 Å². The predicted molar refractivity (Wildman–Crippen MR) is 76.6 cm³/mol. The Bertz CT molecular complexity index is 423. The van der Waals surface area contributed by atoms with E-state index in [0.717, 1.165) is 38.3 Å². The van der Waals surface area contributed by atoms with Gasteiger partial charge in [-0.2, -0.15) is 0 Å². The minimum atomic E-state index is 0.324. The summed E-state index contributed by atoms with van der Waals surface area (Å²) in [5.74, 6) is 1.02. The zero-order valence-corrected chi connectivity index (χ0v) is 12.1. The molecule has 1 saturated heterocycles. The Kier molecular flexibility index (Phi) is 4.66. The van der Waals surface area contributed by atoms with Crippen LogP contribution in [0, 0.1) is 0 Å². The maximum Gasteiger partial charge on any atom is 0.123 e. The normalized spacial score (nSPS) is 21.5. The highest BCUT2D eigenvalue weighted by Gasteiger charge is 2.22. The Morgan fingerprint density at radius 1 is 1.37 bits per heavy atom. The summed E-state index contributed by atoms with van der Waals surface area (Å²) in [6, 6.07) is 6.12. The summed E-state index contributed by atoms with van der Waals surface area (Å²) in [7, 11) is 1.61. The summed E-state index contributed by atoms with van der Waals surface area (Å²) in [6.07, 6.45) is 0. The molecule has 4 heteroatoms. The van der Waals surface area contributed by atoms with E-state index in [1.54, 1.807) is 13.2 Å². The van der Waals surface area contributed by atoms with Crippen molar-refractivity contribution in [3.63, 3.8) is 0 Å². The molecular formula is C15H24N2O2. The standard InChI is InChI=1S/C15H24N2O2/c1-4-17-8-7-16(10-12(17)2)11-13-5-6-14(19-3)9-15(13)18/h5-6,9,12,18H,4,7-8,10-11H2,1-3H3. The molecule has 0 spiro atoms. The third kappa shape index (κ3) is 3.39. The number of ether oxygens (including phenoxy) is 1. The van der Waals surface area contributed by atoms with Crippen molar-refractivity contribution >= 4 is 0 Å². The molecule has 1 atom stereocenters. The van der Waals surface area contributed by atoms with Gasteiger partial charge >= 0.3 is 0 Å². The lowest BCUT2D eigenvalue weighted by molar-refractivity contribution is 0.0829. The highest BCUT2D eigenvalue weighted by molar-refractivity contribution is 5.39. The van der Waals surface area contributed by atoms with Gasteiger partial charge in [-0.05, 0) is 19.5 Å². The van der Waals surface area contributed by atoms with Gasteiger partial charge in [0, 0.05) is 43.9 Å². The van der Waals surface area contributed by atoms with Gasteiger partial charge in [0.25, 0.3) is 0 Å². The second-order valence-corrected chi connectivity index (χ2v) is 5.21. The Hall–Kier alpha value is -1.26. The summed E-state index contributed by atoms with van der Waals surface area (Å²) < 4.78 is 5.11. The number of methoxy groups -OCH3 is 1. The van der Waals surface area contributed by atoms with Gasteiger partial charge in [-0.1, -0.05) is 13.0 Å². The molecule has 4 nitrogen and oxygen atoms in total. The van der Waals surface area contributed by atoms with Gasteiger partial charge in [-0.25, -0.2) is 0 Å². The lowest BCUT2D eigenvalue weighted by Gasteiger charge is -2.39. The first kappa shape index (κ1) is 14.2. The molecule has 106 valence electrons. The van der Waals surface area contributed by atoms with E-state index in [4.69, 9.17) is 4.74 Å². The van der Waals surface area contributed by atoms with Crippen LogP contribution < -0.4 is 4.74 Å². The van der Waals surface area contributed by atoms with Crippen LogP contribution in [0.4, 0.5) is 0 Å². The van der Waals surface area contributed by atoms with Crippen molar-refractivity contribution in [2.75, 3.05) is 33.3 Å². The van der Waals surface area contributed by atoms with E-state index < -0.39 is 0 Å². The van der Waals surface area contributed by atoms with Gasteiger partial charge in [-0.3, -0.25) is 9.80 Å². The fourth-order valence-electron chi connectivity index (χ4n) is 2.73. The fourth-order valence-corrected chi connectivity index (χ4v) is 2.73. The van der Waals surface area contributed by atoms with Gasteiger partial charge in [0.05, 0.1) is 7.11 Å². The molecule has 0 radical (unpaired) electrons. The van der Waals surface area contributed by atoms with Crippen LogP contribution in [0.25, 0.3) is 0 Å². The van der Waals surface area contributed by atoms with Gasteiger partial charge in [0.15, 0.2) is 0 Å². The van der Waals surface area contributed by atoms with E-state index in [9.17, 15) is 5.11 Å². The van der Waals surface area contributed by atoms with Crippen LogP contribution in [0.1, 0.15) is 19.4 Å². The van der Waals surface area contributed by atoms with Crippen LogP contribution in [-0.4, -0.2) is 54.2 Å². The summed E-state index contributed by atoms with van der Waals surface area (Å²) in [6.45, 7) is 9.61. The van der Waals surface area contributed by atoms with Gasteiger partial charge in [0.1, 0.15) is 11.5 Å². The topological polar surface area (TPSA) is 35.9 Å². The van der Waals surface area contributed by atoms with Crippen molar-refractivity contribution < 1.29 is 9.84 Å². The largest absolute Gasteiger partial charge is 0.507 e. The van der Waals surface area contributed by atoms with E-state index in [2.05, 4.69) is 23.6 Å². The smallest absolute Gasteiger partial charge is 0.123 e. The molecule has 0 amide bonds. The lowest BCUT2D eigenvalue weighted by Crippen LogP contribution is -2.51. The molecule has 1 unspecified atom stereocenters. The van der Waals surface area contributed by atoms with Gasteiger partial charge in [0.2, 0.25) is 0 Å². The minimum absolute atomic E-state index is 0.324. The van der Waals surface area contributed by atoms with Crippen molar-refractivity contribution in [3.8, 4) is 11.5 Å². The van der Waals surface area contributed by atoms with Crippen LogP contribution in [0.2, 0.25) is 0 Å². The fraction of sp³-hybridized carbons (Fsp3) is 0.600. The average molecular weight is 264 g/mol. The number of piperazine rings is 1. The zero-order chi connectivity index (χ0) is 13.8. The van der Waals surface area contributed by atoms with Gasteiger partial charge in [-0.15, -0.1) is 0 Å². The Labute approximate surface area is 115 Å². The first-order valence-corrected chi connectivity index (χ1v) is 6.96. The second kappa shape index (κ2) is 6.26. The average Bonchev–Trinajstić information content (AvgIpc) is 2.41. The number of aromatic hydroxyl groups is 1. The summed E-state index contributed by atoms with van der Waals surface area (Å²) in [5, 5.41) is 10.0. The molecule has 1 aliphatic heterocycles. The maximum atomic E-state index is 10.0. The quantitative estimate of drug-likeness (QED) is 0.901. The Morgan fingerprint density at radius 3 is 2.74 bits per heavy atom. The SMILES string of the molecule is CCN1CCN(Cc2ccc(OC)cc2O)CC1C. The molecular weight excluding hydrogens is 240 g/mol. The molecule has 1 N–H and O–H groups in total. The third-order valence-corrected chi connectivity index (χ3v) is 3.94. The molecule has 1 aromatic carbocycles. The molecule has 0 aliphatic carbocycles. The van der Waals surface area contributed by atoms with E-state index >= 15 is 0 Å². The number of phenolic OH excluding ortho intramolecular Hbond substituents is 1. The first-order chi connectivity index (χ1) is 9.13. The monoisotopic (exact) mass is 264 g/mol. The van der Waals surface area contributed by atoms with Crippen LogP contribution in [0.15, 0.2) is 18.2 Å². The number of phenols is 1. The van der Waals surface area contributed by atoms with Crippen molar-refractivity contribution in [1.29, 1.82) is 0 Å². The van der Waals surface area contributed by atoms with Crippen LogP contribution >= 0.6 is 0 Å². The van der Waals surface area contributed by atoms with Crippen LogP contribution in [0.3, 0.4) is 0 Å². The second-order valence-electron chi connectivity index (χ2n) is 5.21. The molecule has 1 fully saturated rings. The molecule has 1 aromatic rings. The van der Waals surface area contributed by atoms with Crippen LogP contribution in [-0.2, 0) is 6.54 Å².